The number of rotatable bonds is 3. The number of nitrogens with zero attached hydrogens (tertiary/aromatic N) is 1. The highest BCUT2D eigenvalue weighted by Crippen LogP contribution is 2.21. The first-order valence-corrected chi connectivity index (χ1v) is 7.02. The zero-order valence-electron chi connectivity index (χ0n) is 10.9. The predicted octanol–water partition coefficient (Wildman–Crippen LogP) is 2.29. The maximum Gasteiger partial charge on any atom is 0.408 e. The van der Waals surface area contributed by atoms with Crippen LogP contribution in [-0.2, 0) is 11.3 Å². The van der Waals surface area contributed by atoms with Crippen LogP contribution in [0.15, 0.2) is 22.7 Å². The number of carboxylic acid groups (broad SMARTS) is 1. The molecular formula is C13H13BrF2N2O3. The molecule has 1 aliphatic rings. The van der Waals surface area contributed by atoms with Crippen molar-refractivity contribution in [2.45, 2.75) is 25.2 Å². The van der Waals surface area contributed by atoms with Gasteiger partial charge in [-0.15, -0.1) is 0 Å². The molecule has 0 spiro atoms. The lowest BCUT2D eigenvalue weighted by molar-refractivity contribution is -0.125. The van der Waals surface area contributed by atoms with Crippen molar-refractivity contribution in [1.82, 2.24) is 10.2 Å². The number of likely N-dealkylation sites (tertiary alicyclic amines) is 1. The summed E-state index contributed by atoms with van der Waals surface area (Å²) in [4.78, 5) is 23.7. The van der Waals surface area contributed by atoms with Gasteiger partial charge in [-0.05, 0) is 23.8 Å². The van der Waals surface area contributed by atoms with E-state index < -0.39 is 30.0 Å². The number of carbonyl (C=O) groups is 2. The van der Waals surface area contributed by atoms with Gasteiger partial charge in [0.1, 0.15) is 18.0 Å². The Bertz CT molecular complexity index is 550. The maximum absolute atomic E-state index is 13.3. The normalized spacial score (nSPS) is 21.4. The first kappa shape index (κ1) is 15.7. The molecule has 2 N–H and O–H groups in total. The second-order valence-corrected chi connectivity index (χ2v) is 5.69. The van der Waals surface area contributed by atoms with Gasteiger partial charge in [0.05, 0.1) is 6.54 Å². The smallest absolute Gasteiger partial charge is 0.408 e. The van der Waals surface area contributed by atoms with Crippen molar-refractivity contribution < 1.29 is 23.5 Å². The third-order valence-corrected chi connectivity index (χ3v) is 3.65. The highest BCUT2D eigenvalue weighted by Gasteiger charge is 2.39. The molecule has 1 heterocycles. The number of alkyl halides is 1. The number of hydrogen-bond donors (Lipinski definition) is 2. The molecule has 0 aliphatic carbocycles. The van der Waals surface area contributed by atoms with Gasteiger partial charge in [-0.2, -0.15) is 0 Å². The highest BCUT2D eigenvalue weighted by molar-refractivity contribution is 9.10. The molecule has 2 atom stereocenters. The van der Waals surface area contributed by atoms with Gasteiger partial charge in [0.2, 0.25) is 5.91 Å². The monoisotopic (exact) mass is 362 g/mol. The van der Waals surface area contributed by atoms with Crippen LogP contribution in [-0.4, -0.2) is 40.8 Å². The van der Waals surface area contributed by atoms with E-state index in [4.69, 9.17) is 5.11 Å². The zero-order valence-corrected chi connectivity index (χ0v) is 12.4. The van der Waals surface area contributed by atoms with Crippen LogP contribution in [0.5, 0.6) is 0 Å². The van der Waals surface area contributed by atoms with E-state index in [0.29, 0.717) is 10.0 Å². The van der Waals surface area contributed by atoms with Crippen molar-refractivity contribution in [3.8, 4) is 0 Å². The summed E-state index contributed by atoms with van der Waals surface area (Å²) in [5, 5.41) is 11.4. The molecular weight excluding hydrogens is 350 g/mol. The summed E-state index contributed by atoms with van der Waals surface area (Å²) in [6.45, 7) is -0.269. The summed E-state index contributed by atoms with van der Waals surface area (Å²) >= 11 is 3.13. The Balaban J connectivity index is 1.99. The average Bonchev–Trinajstić information content (AvgIpc) is 2.77. The minimum atomic E-state index is -1.35. The second-order valence-electron chi connectivity index (χ2n) is 4.78. The molecule has 8 heteroatoms. The van der Waals surface area contributed by atoms with Crippen molar-refractivity contribution in [1.29, 1.82) is 0 Å². The summed E-state index contributed by atoms with van der Waals surface area (Å²) < 4.78 is 27.0. The number of halogens is 3. The van der Waals surface area contributed by atoms with E-state index in [1.54, 1.807) is 6.07 Å². The van der Waals surface area contributed by atoms with E-state index in [1.165, 1.54) is 12.1 Å². The van der Waals surface area contributed by atoms with Crippen molar-refractivity contribution in [2.24, 2.45) is 0 Å². The van der Waals surface area contributed by atoms with Crippen LogP contribution in [0, 0.1) is 5.82 Å². The van der Waals surface area contributed by atoms with Crippen LogP contribution < -0.4 is 5.32 Å². The highest BCUT2D eigenvalue weighted by atomic mass is 79.9. The van der Waals surface area contributed by atoms with E-state index in [1.807, 2.05) is 0 Å². The predicted molar refractivity (Wildman–Crippen MR) is 74.0 cm³/mol. The number of amides is 2. The number of hydrogen-bond acceptors (Lipinski definition) is 2. The van der Waals surface area contributed by atoms with Gasteiger partial charge < -0.3 is 10.4 Å². The molecule has 0 bridgehead atoms. The molecule has 1 fully saturated rings. The van der Waals surface area contributed by atoms with Crippen LogP contribution in [0.2, 0.25) is 0 Å². The zero-order chi connectivity index (χ0) is 15.6. The van der Waals surface area contributed by atoms with Gasteiger partial charge in [-0.25, -0.2) is 13.6 Å². The molecule has 5 nitrogen and oxygen atoms in total. The summed E-state index contributed by atoms with van der Waals surface area (Å²) in [6.07, 6.45) is -2.84. The van der Waals surface area contributed by atoms with Crippen LogP contribution in [0.25, 0.3) is 0 Å². The Morgan fingerprint density at radius 3 is 2.76 bits per heavy atom. The van der Waals surface area contributed by atoms with E-state index in [-0.39, 0.29) is 19.5 Å². The van der Waals surface area contributed by atoms with Gasteiger partial charge in [0.15, 0.2) is 0 Å². The number of nitrogens with one attached hydrogen (secondary N) is 1. The fraction of sp³-hybridized carbons (Fsp3) is 0.385. The molecule has 2 rings (SSSR count). The number of carbonyl (C=O) groups excluding carboxylic acids is 1. The third kappa shape index (κ3) is 3.90. The van der Waals surface area contributed by atoms with Gasteiger partial charge in [0, 0.05) is 17.4 Å². The first-order chi connectivity index (χ1) is 9.86. The average molecular weight is 363 g/mol. The molecule has 0 aromatic heterocycles. The third-order valence-electron chi connectivity index (χ3n) is 3.19. The Morgan fingerprint density at radius 1 is 1.43 bits per heavy atom. The minimum Gasteiger partial charge on any atom is -0.465 e. The van der Waals surface area contributed by atoms with Crippen LogP contribution >= 0.6 is 15.9 Å². The minimum absolute atomic E-state index is 0.0378. The van der Waals surface area contributed by atoms with E-state index in [2.05, 4.69) is 21.2 Å². The Morgan fingerprint density at radius 2 is 2.14 bits per heavy atom. The molecule has 0 unspecified atom stereocenters. The molecule has 1 saturated heterocycles. The largest absolute Gasteiger partial charge is 0.465 e. The van der Waals surface area contributed by atoms with E-state index in [9.17, 15) is 18.4 Å². The lowest BCUT2D eigenvalue weighted by Crippen LogP contribution is -2.45. The van der Waals surface area contributed by atoms with E-state index in [0.717, 1.165) is 4.90 Å². The fourth-order valence-electron chi connectivity index (χ4n) is 2.26. The molecule has 2 amide bonds. The van der Waals surface area contributed by atoms with Gasteiger partial charge >= 0.3 is 6.09 Å². The summed E-state index contributed by atoms with van der Waals surface area (Å²) in [7, 11) is 0. The molecule has 114 valence electrons. The second kappa shape index (κ2) is 6.38. The van der Waals surface area contributed by atoms with Crippen LogP contribution in [0.1, 0.15) is 12.0 Å². The molecule has 0 radical (unpaired) electrons. The SMILES string of the molecule is O=C(NCc1cc(F)cc(Br)c1)[C@@H]1C[C@@H](F)CN1C(=O)O. The summed E-state index contributed by atoms with van der Waals surface area (Å²) in [6, 6.07) is 3.12. The molecule has 1 aliphatic heterocycles. The maximum atomic E-state index is 13.3. The topological polar surface area (TPSA) is 69.6 Å². The lowest BCUT2D eigenvalue weighted by Gasteiger charge is -2.20. The summed E-state index contributed by atoms with van der Waals surface area (Å²) in [5.74, 6) is -1.04. The standard InChI is InChI=1S/C13H13BrF2N2O3/c14-8-1-7(2-9(15)3-8)5-17-12(19)11-4-10(16)6-18(11)13(20)21/h1-3,10-11H,4-6H2,(H,17,19)(H,20,21)/t10-,11+/m1/s1. The molecule has 1 aromatic carbocycles. The van der Waals surface area contributed by atoms with Gasteiger partial charge in [0.25, 0.3) is 0 Å². The Labute approximate surface area is 128 Å². The lowest BCUT2D eigenvalue weighted by atomic mass is 10.1. The van der Waals surface area contributed by atoms with E-state index >= 15 is 0 Å². The Kier molecular flexibility index (Phi) is 4.76. The molecule has 21 heavy (non-hydrogen) atoms. The Hall–Kier alpha value is -1.70. The first-order valence-electron chi connectivity index (χ1n) is 6.23. The van der Waals surface area contributed by atoms with Crippen molar-refractivity contribution >= 4 is 27.9 Å². The number of benzene rings is 1. The van der Waals surface area contributed by atoms with Crippen molar-refractivity contribution in [2.75, 3.05) is 6.54 Å². The van der Waals surface area contributed by atoms with Crippen LogP contribution in [0.4, 0.5) is 13.6 Å². The van der Waals surface area contributed by atoms with Crippen molar-refractivity contribution in [3.63, 3.8) is 0 Å². The summed E-state index contributed by atoms with van der Waals surface area (Å²) in [5.41, 5.74) is 0.520. The van der Waals surface area contributed by atoms with Crippen molar-refractivity contribution in [3.05, 3.63) is 34.1 Å². The van der Waals surface area contributed by atoms with Gasteiger partial charge in [-0.1, -0.05) is 15.9 Å². The van der Waals surface area contributed by atoms with Gasteiger partial charge in [-0.3, -0.25) is 9.69 Å². The quantitative estimate of drug-likeness (QED) is 0.866. The molecule has 0 saturated carbocycles. The molecule has 1 aromatic rings. The fourth-order valence-corrected chi connectivity index (χ4v) is 2.78. The van der Waals surface area contributed by atoms with Crippen LogP contribution in [0.3, 0.4) is 0 Å².